The molecule has 0 spiro atoms. The summed E-state index contributed by atoms with van der Waals surface area (Å²) in [7, 11) is 0. The molecule has 0 radical (unpaired) electrons. The minimum absolute atomic E-state index is 0.109. The minimum Gasteiger partial charge on any atom is -0.376 e. The van der Waals surface area contributed by atoms with Crippen LogP contribution in [0.4, 0.5) is 5.13 Å². The molecule has 2 amide bonds. The lowest BCUT2D eigenvalue weighted by Gasteiger charge is -2.20. The van der Waals surface area contributed by atoms with Gasteiger partial charge >= 0.3 is 0 Å². The van der Waals surface area contributed by atoms with Crippen LogP contribution in [-0.4, -0.2) is 45.1 Å². The summed E-state index contributed by atoms with van der Waals surface area (Å²) in [5, 5.41) is 5.87. The third-order valence-corrected chi connectivity index (χ3v) is 7.67. The molecule has 0 saturated heterocycles. The van der Waals surface area contributed by atoms with Gasteiger partial charge in [0.2, 0.25) is 5.91 Å². The van der Waals surface area contributed by atoms with E-state index in [9.17, 15) is 9.59 Å². The molecular weight excluding hydrogens is 534 g/mol. The summed E-state index contributed by atoms with van der Waals surface area (Å²) in [5.74, 6) is 0.179. The Morgan fingerprint density at radius 1 is 1.02 bits per heavy atom. The maximum Gasteiger partial charge on any atom is 0.253 e. The average molecular weight is 584 g/mol. The van der Waals surface area contributed by atoms with Crippen LogP contribution in [0, 0.1) is 19.8 Å². The molecule has 0 aromatic carbocycles. The van der Waals surface area contributed by atoms with Gasteiger partial charge in [0.15, 0.2) is 5.13 Å². The third-order valence-electron chi connectivity index (χ3n) is 6.78. The summed E-state index contributed by atoms with van der Waals surface area (Å²) < 4.78 is 7.73. The highest BCUT2D eigenvalue weighted by molar-refractivity contribution is 7.16. The molecular formula is C32H49N5O3S. The molecule has 3 atom stereocenters. The molecule has 3 aromatic heterocycles. The summed E-state index contributed by atoms with van der Waals surface area (Å²) in [6, 6.07) is 7.48. The molecule has 0 aliphatic rings. The van der Waals surface area contributed by atoms with Gasteiger partial charge in [-0.1, -0.05) is 33.3 Å². The number of carbonyl (C=O) groups excluding carboxylic acids is 2. The number of carbonyl (C=O) groups is 2. The van der Waals surface area contributed by atoms with E-state index in [4.69, 9.17) is 4.74 Å². The number of hydrogen-bond donors (Lipinski definition) is 2. The second kappa shape index (κ2) is 15.8. The summed E-state index contributed by atoms with van der Waals surface area (Å²) in [4.78, 5) is 34.5. The van der Waals surface area contributed by atoms with Crippen LogP contribution in [0.3, 0.4) is 0 Å². The number of amides is 2. The van der Waals surface area contributed by atoms with E-state index in [0.717, 1.165) is 34.3 Å². The minimum atomic E-state index is -0.328. The van der Waals surface area contributed by atoms with E-state index < -0.39 is 0 Å². The number of aryl methyl sites for hydroxylation is 2. The zero-order valence-corrected chi connectivity index (χ0v) is 27.3. The largest absolute Gasteiger partial charge is 0.376 e. The number of hydrogen-bond acceptors (Lipinski definition) is 6. The van der Waals surface area contributed by atoms with E-state index >= 15 is 0 Å². The quantitative estimate of drug-likeness (QED) is 0.246. The average Bonchev–Trinajstić information content (AvgIpc) is 3.54. The molecule has 0 aliphatic heterocycles. The van der Waals surface area contributed by atoms with E-state index in [2.05, 4.69) is 76.0 Å². The molecule has 3 aromatic rings. The van der Waals surface area contributed by atoms with Gasteiger partial charge in [-0.25, -0.2) is 4.98 Å². The van der Waals surface area contributed by atoms with Crippen molar-refractivity contribution in [3.63, 3.8) is 0 Å². The molecule has 3 unspecified atom stereocenters. The Hall–Kier alpha value is -3.04. The number of pyridine rings is 1. The number of nitrogens with zero attached hydrogens (tertiary/aromatic N) is 3. The van der Waals surface area contributed by atoms with Crippen molar-refractivity contribution in [1.29, 1.82) is 0 Å². The van der Waals surface area contributed by atoms with E-state index in [-0.39, 0.29) is 23.9 Å². The number of anilines is 1. The van der Waals surface area contributed by atoms with Crippen LogP contribution < -0.4 is 10.6 Å². The van der Waals surface area contributed by atoms with Gasteiger partial charge in [0.1, 0.15) is 5.69 Å². The first-order valence-electron chi connectivity index (χ1n) is 14.6. The topological polar surface area (TPSA) is 98.1 Å². The first-order valence-corrected chi connectivity index (χ1v) is 15.4. The van der Waals surface area contributed by atoms with Crippen molar-refractivity contribution in [1.82, 2.24) is 19.9 Å². The highest BCUT2D eigenvalue weighted by Gasteiger charge is 2.17. The highest BCUT2D eigenvalue weighted by Crippen LogP contribution is 2.29. The molecule has 226 valence electrons. The fourth-order valence-corrected chi connectivity index (χ4v) is 4.86. The second-order valence-electron chi connectivity index (χ2n) is 11.7. The van der Waals surface area contributed by atoms with Crippen molar-refractivity contribution in [2.75, 3.05) is 11.9 Å². The molecule has 9 heteroatoms. The van der Waals surface area contributed by atoms with Crippen LogP contribution >= 0.6 is 11.3 Å². The van der Waals surface area contributed by atoms with Gasteiger partial charge in [0.05, 0.1) is 30.0 Å². The number of thiazole rings is 1. The molecule has 0 aliphatic carbocycles. The fraction of sp³-hybridized carbons (Fsp3) is 0.562. The van der Waals surface area contributed by atoms with E-state index in [1.54, 1.807) is 12.3 Å². The fourth-order valence-electron chi connectivity index (χ4n) is 4.02. The van der Waals surface area contributed by atoms with Crippen LogP contribution in [0.25, 0.3) is 11.4 Å². The van der Waals surface area contributed by atoms with Crippen LogP contribution in [0.2, 0.25) is 0 Å². The molecule has 2 N–H and O–H groups in total. The van der Waals surface area contributed by atoms with Crippen molar-refractivity contribution >= 4 is 28.3 Å². The third kappa shape index (κ3) is 11.4. The van der Waals surface area contributed by atoms with Gasteiger partial charge in [0, 0.05) is 28.5 Å². The van der Waals surface area contributed by atoms with Crippen molar-refractivity contribution in [2.45, 2.75) is 106 Å². The Balaban J connectivity index is 0.000000415. The molecule has 41 heavy (non-hydrogen) atoms. The molecule has 0 bridgehead atoms. The number of ether oxygens (including phenoxy) is 1. The zero-order chi connectivity index (χ0) is 30.7. The predicted molar refractivity (Wildman–Crippen MR) is 170 cm³/mol. The molecule has 3 heterocycles. The normalized spacial score (nSPS) is 13.5. The number of nitrogens with one attached hydrogen (secondary N) is 2. The molecule has 0 fully saturated rings. The lowest BCUT2D eigenvalue weighted by Crippen LogP contribution is -2.32. The van der Waals surface area contributed by atoms with Crippen LogP contribution in [0.1, 0.15) is 95.6 Å². The standard InChI is InChI=1S/C21H25N5O2S.C11H24O/c1-13-7-6-8-16(23-13)18-14(2)29-20(25-18)24-17(27)11-22-19(28)15-9-10-26(12-15)21(3,4)5;1-6-9(3)8-11(5)12-10(4)7-2/h6-10,12H,11H2,1-5H3,(H,22,28)(H,24,25,27);9-11H,6-8H2,1-5H3. The van der Waals surface area contributed by atoms with Gasteiger partial charge in [-0.3, -0.25) is 14.6 Å². The Labute approximate surface area is 250 Å². The van der Waals surface area contributed by atoms with Crippen LogP contribution in [0.15, 0.2) is 36.7 Å². The summed E-state index contributed by atoms with van der Waals surface area (Å²) in [5.41, 5.74) is 2.84. The van der Waals surface area contributed by atoms with E-state index in [1.807, 2.05) is 42.8 Å². The van der Waals surface area contributed by atoms with Gasteiger partial charge < -0.3 is 19.9 Å². The van der Waals surface area contributed by atoms with E-state index in [0.29, 0.717) is 22.9 Å². The summed E-state index contributed by atoms with van der Waals surface area (Å²) in [6.45, 7) is 20.9. The lowest BCUT2D eigenvalue weighted by molar-refractivity contribution is -0.115. The van der Waals surface area contributed by atoms with Gasteiger partial charge in [-0.15, -0.1) is 11.3 Å². The highest BCUT2D eigenvalue weighted by atomic mass is 32.1. The molecule has 0 saturated carbocycles. The van der Waals surface area contributed by atoms with Crippen molar-refractivity contribution in [2.24, 2.45) is 5.92 Å². The Morgan fingerprint density at radius 3 is 2.32 bits per heavy atom. The Kier molecular flexibility index (Phi) is 13.2. The maximum absolute atomic E-state index is 12.3. The SMILES string of the molecule is CCC(C)CC(C)OC(C)CC.Cc1cccc(-c2nc(NC(=O)CNC(=O)c3ccn(C(C)(C)C)c3)sc2C)n1. The number of rotatable bonds is 11. The molecule has 3 rings (SSSR count). The maximum atomic E-state index is 12.3. The first kappa shape index (κ1) is 34.2. The summed E-state index contributed by atoms with van der Waals surface area (Å²) >= 11 is 1.38. The van der Waals surface area contributed by atoms with Crippen LogP contribution in [0.5, 0.6) is 0 Å². The summed E-state index contributed by atoms with van der Waals surface area (Å²) in [6.07, 6.45) is 8.05. The monoisotopic (exact) mass is 583 g/mol. The van der Waals surface area contributed by atoms with Crippen LogP contribution in [-0.2, 0) is 15.1 Å². The first-order chi connectivity index (χ1) is 19.2. The van der Waals surface area contributed by atoms with E-state index in [1.165, 1.54) is 24.2 Å². The zero-order valence-electron chi connectivity index (χ0n) is 26.5. The van der Waals surface area contributed by atoms with Gasteiger partial charge in [-0.05, 0) is 85.4 Å². The van der Waals surface area contributed by atoms with Crippen molar-refractivity contribution in [3.05, 3.63) is 52.8 Å². The number of aromatic nitrogens is 3. The second-order valence-corrected chi connectivity index (χ2v) is 12.9. The molecule has 8 nitrogen and oxygen atoms in total. The van der Waals surface area contributed by atoms with Gasteiger partial charge in [0.25, 0.3) is 5.91 Å². The smallest absolute Gasteiger partial charge is 0.253 e. The lowest BCUT2D eigenvalue weighted by atomic mass is 10.0. The Morgan fingerprint density at radius 2 is 1.73 bits per heavy atom. The Bertz CT molecular complexity index is 1250. The predicted octanol–water partition coefficient (Wildman–Crippen LogP) is 7.37. The van der Waals surface area contributed by atoms with Crippen molar-refractivity contribution in [3.8, 4) is 11.4 Å². The van der Waals surface area contributed by atoms with Gasteiger partial charge in [-0.2, -0.15) is 0 Å². The van der Waals surface area contributed by atoms with Crippen molar-refractivity contribution < 1.29 is 14.3 Å².